The first-order chi connectivity index (χ1) is 14.0. The highest BCUT2D eigenvalue weighted by atomic mass is 32.1. The van der Waals surface area contributed by atoms with Crippen molar-refractivity contribution in [2.45, 2.75) is 18.9 Å². The number of likely N-dealkylation sites (tertiary alicyclic amines) is 1. The molecule has 1 aliphatic rings. The third kappa shape index (κ3) is 4.14. The first-order valence-electron chi connectivity index (χ1n) is 8.98. The average Bonchev–Trinajstić information content (AvgIpc) is 3.39. The summed E-state index contributed by atoms with van der Waals surface area (Å²) in [6.45, 7) is 0.553. The summed E-state index contributed by atoms with van der Waals surface area (Å²) >= 11 is 1.12. The van der Waals surface area contributed by atoms with Crippen molar-refractivity contribution in [1.82, 2.24) is 15.1 Å². The minimum Gasteiger partial charge on any atom is -0.329 e. The van der Waals surface area contributed by atoms with E-state index in [4.69, 9.17) is 0 Å². The Balaban J connectivity index is 1.49. The molecule has 9 heteroatoms. The first kappa shape index (κ1) is 19.1. The molecule has 0 bridgehead atoms. The number of anilines is 1. The Morgan fingerprint density at radius 1 is 1.00 bits per heavy atom. The number of hydrogen-bond donors (Lipinski definition) is 1. The lowest BCUT2D eigenvalue weighted by Crippen LogP contribution is -2.30. The van der Waals surface area contributed by atoms with E-state index >= 15 is 0 Å². The third-order valence-electron chi connectivity index (χ3n) is 4.63. The molecule has 1 saturated heterocycles. The van der Waals surface area contributed by atoms with Crippen LogP contribution in [0.4, 0.5) is 14.5 Å². The van der Waals surface area contributed by atoms with E-state index in [2.05, 4.69) is 15.5 Å². The largest absolute Gasteiger partial charge is 0.329 e. The van der Waals surface area contributed by atoms with Crippen LogP contribution in [0, 0.1) is 11.6 Å². The van der Waals surface area contributed by atoms with Gasteiger partial charge in [0, 0.05) is 17.8 Å². The van der Waals surface area contributed by atoms with Crippen molar-refractivity contribution in [2.75, 3.05) is 11.9 Å². The number of carbonyl (C=O) groups is 2. The van der Waals surface area contributed by atoms with E-state index < -0.39 is 17.5 Å². The molecular formula is C20H16F2N4O2S. The predicted octanol–water partition coefficient (Wildman–Crippen LogP) is 4.05. The summed E-state index contributed by atoms with van der Waals surface area (Å²) in [6, 6.07) is 10.5. The summed E-state index contributed by atoms with van der Waals surface area (Å²) in [5.41, 5.74) is 0.847. The summed E-state index contributed by atoms with van der Waals surface area (Å²) < 4.78 is 26.1. The monoisotopic (exact) mass is 414 g/mol. The SMILES string of the molecule is O=C(Nc1ccc(F)cc1)c1nnc([C@@H]2CCCN2C(=O)c2ccc(F)cc2)s1. The summed E-state index contributed by atoms with van der Waals surface area (Å²) in [5, 5.41) is 11.4. The van der Waals surface area contributed by atoms with Crippen molar-refractivity contribution >= 4 is 28.8 Å². The zero-order chi connectivity index (χ0) is 20.4. The molecule has 3 aromatic rings. The van der Waals surface area contributed by atoms with E-state index in [1.165, 1.54) is 48.5 Å². The van der Waals surface area contributed by atoms with Crippen LogP contribution >= 0.6 is 11.3 Å². The number of rotatable bonds is 4. The van der Waals surface area contributed by atoms with E-state index in [9.17, 15) is 18.4 Å². The van der Waals surface area contributed by atoms with Crippen LogP contribution in [0.1, 0.15) is 44.1 Å². The zero-order valence-corrected chi connectivity index (χ0v) is 16.0. The quantitative estimate of drug-likeness (QED) is 0.699. The maximum atomic E-state index is 13.1. The fourth-order valence-electron chi connectivity index (χ4n) is 3.20. The molecule has 1 atom stereocenters. The van der Waals surface area contributed by atoms with Crippen LogP contribution in [-0.4, -0.2) is 33.5 Å². The molecule has 0 spiro atoms. The van der Waals surface area contributed by atoms with Gasteiger partial charge in [0.05, 0.1) is 6.04 Å². The molecular weight excluding hydrogens is 398 g/mol. The lowest BCUT2D eigenvalue weighted by molar-refractivity contribution is 0.0735. The fraction of sp³-hybridized carbons (Fsp3) is 0.200. The number of nitrogens with one attached hydrogen (secondary N) is 1. The predicted molar refractivity (Wildman–Crippen MR) is 104 cm³/mol. The van der Waals surface area contributed by atoms with E-state index in [0.29, 0.717) is 29.2 Å². The standard InChI is InChI=1S/C20H16F2N4O2S/c21-13-5-3-12(4-6-13)20(28)26-11-1-2-16(26)18-24-25-19(29-18)17(27)23-15-9-7-14(22)8-10-15/h3-10,16H,1-2,11H2,(H,23,27)/t16-/m0/s1. The summed E-state index contributed by atoms with van der Waals surface area (Å²) in [5.74, 6) is -1.46. The van der Waals surface area contributed by atoms with Gasteiger partial charge < -0.3 is 10.2 Å². The number of benzene rings is 2. The van der Waals surface area contributed by atoms with Crippen molar-refractivity contribution < 1.29 is 18.4 Å². The first-order valence-corrected chi connectivity index (χ1v) is 9.80. The van der Waals surface area contributed by atoms with Gasteiger partial charge in [-0.3, -0.25) is 9.59 Å². The number of aromatic nitrogens is 2. The Labute approximate surface area is 169 Å². The molecule has 0 saturated carbocycles. The molecule has 2 heterocycles. The molecule has 1 aliphatic heterocycles. The van der Waals surface area contributed by atoms with Crippen molar-refractivity contribution in [2.24, 2.45) is 0 Å². The van der Waals surface area contributed by atoms with Gasteiger partial charge in [-0.05, 0) is 61.4 Å². The van der Waals surface area contributed by atoms with Crippen molar-refractivity contribution in [1.29, 1.82) is 0 Å². The van der Waals surface area contributed by atoms with Gasteiger partial charge in [-0.25, -0.2) is 8.78 Å². The Morgan fingerprint density at radius 2 is 1.66 bits per heavy atom. The summed E-state index contributed by atoms with van der Waals surface area (Å²) in [4.78, 5) is 26.9. The highest BCUT2D eigenvalue weighted by Crippen LogP contribution is 2.34. The van der Waals surface area contributed by atoms with Crippen LogP contribution in [-0.2, 0) is 0 Å². The van der Waals surface area contributed by atoms with Crippen LogP contribution in [0.15, 0.2) is 48.5 Å². The Bertz CT molecular complexity index is 1040. The van der Waals surface area contributed by atoms with Crippen molar-refractivity contribution in [3.8, 4) is 0 Å². The maximum absolute atomic E-state index is 13.1. The lowest BCUT2D eigenvalue weighted by atomic mass is 10.1. The van der Waals surface area contributed by atoms with Crippen LogP contribution in [0.3, 0.4) is 0 Å². The Kier molecular flexibility index (Phi) is 5.30. The number of halogens is 2. The van der Waals surface area contributed by atoms with E-state index in [0.717, 1.165) is 17.8 Å². The van der Waals surface area contributed by atoms with Crippen molar-refractivity contribution in [3.63, 3.8) is 0 Å². The van der Waals surface area contributed by atoms with Gasteiger partial charge in [0.2, 0.25) is 5.01 Å². The number of amides is 2. The molecule has 2 amide bonds. The molecule has 4 rings (SSSR count). The molecule has 6 nitrogen and oxygen atoms in total. The maximum Gasteiger partial charge on any atom is 0.286 e. The summed E-state index contributed by atoms with van der Waals surface area (Å²) in [6.07, 6.45) is 1.51. The smallest absolute Gasteiger partial charge is 0.286 e. The second kappa shape index (κ2) is 8.04. The van der Waals surface area contributed by atoms with Gasteiger partial charge in [-0.15, -0.1) is 10.2 Å². The molecule has 0 aliphatic carbocycles. The van der Waals surface area contributed by atoms with E-state index in [1.54, 1.807) is 4.90 Å². The normalized spacial score (nSPS) is 16.1. The molecule has 1 N–H and O–H groups in total. The van der Waals surface area contributed by atoms with Gasteiger partial charge in [0.25, 0.3) is 11.8 Å². The van der Waals surface area contributed by atoms with Gasteiger partial charge in [0.15, 0.2) is 0 Å². The Hall–Kier alpha value is -3.20. The molecule has 2 aromatic carbocycles. The second-order valence-electron chi connectivity index (χ2n) is 6.57. The van der Waals surface area contributed by atoms with Crippen LogP contribution < -0.4 is 5.32 Å². The van der Waals surface area contributed by atoms with E-state index in [-0.39, 0.29) is 17.0 Å². The molecule has 148 valence electrons. The van der Waals surface area contributed by atoms with Gasteiger partial charge in [-0.1, -0.05) is 11.3 Å². The average molecular weight is 414 g/mol. The fourth-order valence-corrected chi connectivity index (χ4v) is 4.09. The van der Waals surface area contributed by atoms with Crippen LogP contribution in [0.25, 0.3) is 0 Å². The number of hydrogen-bond acceptors (Lipinski definition) is 5. The minimum absolute atomic E-state index is 0.158. The second-order valence-corrected chi connectivity index (χ2v) is 7.58. The number of carbonyl (C=O) groups excluding carboxylic acids is 2. The molecule has 1 aromatic heterocycles. The highest BCUT2D eigenvalue weighted by molar-refractivity contribution is 7.13. The van der Waals surface area contributed by atoms with Crippen molar-refractivity contribution in [3.05, 3.63) is 75.7 Å². The molecule has 29 heavy (non-hydrogen) atoms. The van der Waals surface area contributed by atoms with Crippen LogP contribution in [0.2, 0.25) is 0 Å². The Morgan fingerprint density at radius 3 is 2.34 bits per heavy atom. The lowest BCUT2D eigenvalue weighted by Gasteiger charge is -2.22. The van der Waals surface area contributed by atoms with Gasteiger partial charge in [-0.2, -0.15) is 0 Å². The van der Waals surface area contributed by atoms with Gasteiger partial charge >= 0.3 is 0 Å². The number of nitrogens with zero attached hydrogens (tertiary/aromatic N) is 3. The highest BCUT2D eigenvalue weighted by Gasteiger charge is 2.33. The molecule has 0 radical (unpaired) electrons. The molecule has 0 unspecified atom stereocenters. The van der Waals surface area contributed by atoms with E-state index in [1.807, 2.05) is 0 Å². The third-order valence-corrected chi connectivity index (χ3v) is 5.65. The van der Waals surface area contributed by atoms with Gasteiger partial charge in [0.1, 0.15) is 16.6 Å². The van der Waals surface area contributed by atoms with Crippen LogP contribution in [0.5, 0.6) is 0 Å². The topological polar surface area (TPSA) is 75.2 Å². The molecule has 1 fully saturated rings. The zero-order valence-electron chi connectivity index (χ0n) is 15.1. The minimum atomic E-state index is -0.449. The summed E-state index contributed by atoms with van der Waals surface area (Å²) in [7, 11) is 0.